The van der Waals surface area contributed by atoms with Crippen molar-refractivity contribution in [3.8, 4) is 12.1 Å². The summed E-state index contributed by atoms with van der Waals surface area (Å²) < 4.78 is 4.84. The zero-order valence-electron chi connectivity index (χ0n) is 10.3. The summed E-state index contributed by atoms with van der Waals surface area (Å²) in [7, 11) is 0. The van der Waals surface area contributed by atoms with Gasteiger partial charge in [-0.15, -0.1) is 0 Å². The van der Waals surface area contributed by atoms with Crippen LogP contribution in [-0.4, -0.2) is 12.6 Å². The normalized spacial score (nSPS) is 9.28. The largest absolute Gasteiger partial charge is 0.466 e. The third kappa shape index (κ3) is 3.92. The molecule has 1 rings (SSSR count). The minimum atomic E-state index is -0.233. The SMILES string of the molecule is CCOC(=O)CCc1ccc(C#N)c(CC#N)c1. The predicted octanol–water partition coefficient (Wildman–Crippen LogP) is 2.12. The van der Waals surface area contributed by atoms with E-state index in [0.29, 0.717) is 30.6 Å². The minimum Gasteiger partial charge on any atom is -0.466 e. The Morgan fingerprint density at radius 2 is 2.17 bits per heavy atom. The summed E-state index contributed by atoms with van der Waals surface area (Å²) in [5, 5.41) is 17.6. The van der Waals surface area contributed by atoms with Crippen molar-refractivity contribution in [3.63, 3.8) is 0 Å². The average Bonchev–Trinajstić information content (AvgIpc) is 2.37. The first-order chi connectivity index (χ1) is 8.71. The Labute approximate surface area is 106 Å². The standard InChI is InChI=1S/C14H14N2O2/c1-2-18-14(17)6-4-11-3-5-13(10-16)12(9-11)7-8-15/h3,5,9H,2,4,6-7H2,1H3. The van der Waals surface area contributed by atoms with E-state index in [0.717, 1.165) is 5.56 Å². The van der Waals surface area contributed by atoms with Gasteiger partial charge in [0.25, 0.3) is 0 Å². The Bertz CT molecular complexity index is 510. The van der Waals surface area contributed by atoms with E-state index in [9.17, 15) is 4.79 Å². The van der Waals surface area contributed by atoms with E-state index in [4.69, 9.17) is 15.3 Å². The first kappa shape index (κ1) is 13.7. The number of nitriles is 2. The fourth-order valence-electron chi connectivity index (χ4n) is 1.62. The molecule has 0 bridgehead atoms. The molecule has 0 heterocycles. The lowest BCUT2D eigenvalue weighted by molar-refractivity contribution is -0.143. The number of nitrogens with zero attached hydrogens (tertiary/aromatic N) is 2. The number of hydrogen-bond acceptors (Lipinski definition) is 4. The van der Waals surface area contributed by atoms with Gasteiger partial charge < -0.3 is 4.74 Å². The van der Waals surface area contributed by atoms with Gasteiger partial charge >= 0.3 is 5.97 Å². The Hall–Kier alpha value is -2.33. The zero-order chi connectivity index (χ0) is 13.4. The number of esters is 1. The molecule has 0 amide bonds. The van der Waals surface area contributed by atoms with Gasteiger partial charge in [0.05, 0.1) is 30.7 Å². The van der Waals surface area contributed by atoms with Crippen molar-refractivity contribution < 1.29 is 9.53 Å². The minimum absolute atomic E-state index is 0.205. The molecular formula is C14H14N2O2. The summed E-state index contributed by atoms with van der Waals surface area (Å²) in [5.41, 5.74) is 2.16. The Morgan fingerprint density at radius 1 is 1.39 bits per heavy atom. The van der Waals surface area contributed by atoms with Gasteiger partial charge in [-0.25, -0.2) is 0 Å². The average molecular weight is 242 g/mol. The molecule has 18 heavy (non-hydrogen) atoms. The highest BCUT2D eigenvalue weighted by Gasteiger charge is 2.06. The lowest BCUT2D eigenvalue weighted by Crippen LogP contribution is -2.05. The summed E-state index contributed by atoms with van der Waals surface area (Å²) in [5.74, 6) is -0.233. The summed E-state index contributed by atoms with van der Waals surface area (Å²) in [6.45, 7) is 2.15. The van der Waals surface area contributed by atoms with Crippen LogP contribution in [0.25, 0.3) is 0 Å². The van der Waals surface area contributed by atoms with E-state index in [2.05, 4.69) is 6.07 Å². The van der Waals surface area contributed by atoms with Crippen molar-refractivity contribution in [1.82, 2.24) is 0 Å². The van der Waals surface area contributed by atoms with Crippen LogP contribution >= 0.6 is 0 Å². The molecule has 4 nitrogen and oxygen atoms in total. The van der Waals surface area contributed by atoms with Crippen LogP contribution in [-0.2, 0) is 22.4 Å². The Balaban J connectivity index is 2.74. The quantitative estimate of drug-likeness (QED) is 0.741. The molecule has 0 aromatic heterocycles. The number of aryl methyl sites for hydroxylation is 1. The fourth-order valence-corrected chi connectivity index (χ4v) is 1.62. The first-order valence-corrected chi connectivity index (χ1v) is 5.75. The van der Waals surface area contributed by atoms with Crippen LogP contribution < -0.4 is 0 Å². The van der Waals surface area contributed by atoms with Crippen LogP contribution in [0.3, 0.4) is 0 Å². The second kappa shape index (κ2) is 7.09. The third-order valence-corrected chi connectivity index (χ3v) is 2.48. The number of ether oxygens (including phenoxy) is 1. The van der Waals surface area contributed by atoms with Gasteiger partial charge in [-0.2, -0.15) is 10.5 Å². The van der Waals surface area contributed by atoms with Gasteiger partial charge in [0.15, 0.2) is 0 Å². The number of carbonyl (C=O) groups is 1. The van der Waals surface area contributed by atoms with Crippen molar-refractivity contribution in [2.24, 2.45) is 0 Å². The molecule has 1 aromatic rings. The Morgan fingerprint density at radius 3 is 2.78 bits per heavy atom. The molecular weight excluding hydrogens is 228 g/mol. The molecule has 0 atom stereocenters. The molecule has 0 saturated carbocycles. The maximum absolute atomic E-state index is 11.2. The van der Waals surface area contributed by atoms with E-state index in [1.165, 1.54) is 0 Å². The number of rotatable bonds is 5. The topological polar surface area (TPSA) is 73.9 Å². The molecule has 92 valence electrons. The smallest absolute Gasteiger partial charge is 0.306 e. The highest BCUT2D eigenvalue weighted by Crippen LogP contribution is 2.13. The number of benzene rings is 1. The van der Waals surface area contributed by atoms with Crippen molar-refractivity contribution >= 4 is 5.97 Å². The van der Waals surface area contributed by atoms with Crippen LogP contribution in [0.15, 0.2) is 18.2 Å². The van der Waals surface area contributed by atoms with Crippen molar-refractivity contribution in [3.05, 3.63) is 34.9 Å². The zero-order valence-corrected chi connectivity index (χ0v) is 10.3. The fraction of sp³-hybridized carbons (Fsp3) is 0.357. The molecule has 0 spiro atoms. The molecule has 0 aliphatic heterocycles. The molecule has 0 saturated heterocycles. The van der Waals surface area contributed by atoms with Gasteiger partial charge in [0.2, 0.25) is 0 Å². The van der Waals surface area contributed by atoms with Gasteiger partial charge in [0.1, 0.15) is 0 Å². The second-order valence-electron chi connectivity index (χ2n) is 3.74. The molecule has 4 heteroatoms. The molecule has 0 radical (unpaired) electrons. The van der Waals surface area contributed by atoms with Crippen LogP contribution in [0.2, 0.25) is 0 Å². The van der Waals surface area contributed by atoms with E-state index < -0.39 is 0 Å². The lowest BCUT2D eigenvalue weighted by Gasteiger charge is -2.05. The van der Waals surface area contributed by atoms with E-state index in [-0.39, 0.29) is 12.4 Å². The van der Waals surface area contributed by atoms with Gasteiger partial charge in [-0.05, 0) is 30.5 Å². The van der Waals surface area contributed by atoms with Gasteiger partial charge in [0, 0.05) is 6.42 Å². The molecule has 0 unspecified atom stereocenters. The van der Waals surface area contributed by atoms with Crippen molar-refractivity contribution in [2.75, 3.05) is 6.61 Å². The number of carbonyl (C=O) groups excluding carboxylic acids is 1. The summed E-state index contributed by atoms with van der Waals surface area (Å²) in [4.78, 5) is 11.2. The molecule has 1 aromatic carbocycles. The first-order valence-electron chi connectivity index (χ1n) is 5.75. The van der Waals surface area contributed by atoms with Crippen molar-refractivity contribution in [2.45, 2.75) is 26.2 Å². The summed E-state index contributed by atoms with van der Waals surface area (Å²) >= 11 is 0. The third-order valence-electron chi connectivity index (χ3n) is 2.48. The predicted molar refractivity (Wildman–Crippen MR) is 65.4 cm³/mol. The van der Waals surface area contributed by atoms with Gasteiger partial charge in [-0.1, -0.05) is 12.1 Å². The monoisotopic (exact) mass is 242 g/mol. The van der Waals surface area contributed by atoms with Crippen LogP contribution in [0, 0.1) is 22.7 Å². The maximum atomic E-state index is 11.2. The van der Waals surface area contributed by atoms with E-state index in [1.807, 2.05) is 6.07 Å². The van der Waals surface area contributed by atoms with E-state index in [1.54, 1.807) is 25.1 Å². The highest BCUT2D eigenvalue weighted by atomic mass is 16.5. The van der Waals surface area contributed by atoms with Crippen molar-refractivity contribution in [1.29, 1.82) is 10.5 Å². The summed E-state index contributed by atoms with van der Waals surface area (Å²) in [6, 6.07) is 9.38. The maximum Gasteiger partial charge on any atom is 0.306 e. The van der Waals surface area contributed by atoms with Gasteiger partial charge in [-0.3, -0.25) is 4.79 Å². The molecule has 0 aliphatic carbocycles. The summed E-state index contributed by atoms with van der Waals surface area (Å²) in [6.07, 6.45) is 1.07. The lowest BCUT2D eigenvalue weighted by atomic mass is 10.00. The Kier molecular flexibility index (Phi) is 5.41. The second-order valence-corrected chi connectivity index (χ2v) is 3.74. The van der Waals surface area contributed by atoms with Crippen LogP contribution in [0.5, 0.6) is 0 Å². The van der Waals surface area contributed by atoms with E-state index >= 15 is 0 Å². The number of hydrogen-bond donors (Lipinski definition) is 0. The molecule has 0 aliphatic rings. The van der Waals surface area contributed by atoms with Crippen LogP contribution in [0.1, 0.15) is 30.0 Å². The molecule has 0 N–H and O–H groups in total. The van der Waals surface area contributed by atoms with Crippen LogP contribution in [0.4, 0.5) is 0 Å². The highest BCUT2D eigenvalue weighted by molar-refractivity contribution is 5.69. The molecule has 0 fully saturated rings.